The fraction of sp³-hybridized carbons (Fsp3) is 0.625. The van der Waals surface area contributed by atoms with Gasteiger partial charge in [0.1, 0.15) is 6.10 Å². The summed E-state index contributed by atoms with van der Waals surface area (Å²) in [6.45, 7) is 2.80. The number of rotatable bonds is 3. The zero-order chi connectivity index (χ0) is 12.6. The van der Waals surface area contributed by atoms with Gasteiger partial charge >= 0.3 is 0 Å². The van der Waals surface area contributed by atoms with Crippen LogP contribution in [0.3, 0.4) is 0 Å². The molecule has 0 aromatic heterocycles. The molecule has 3 rings (SSSR count). The second-order valence-electron chi connectivity index (χ2n) is 5.97. The van der Waals surface area contributed by atoms with Crippen molar-refractivity contribution in [2.24, 2.45) is 0 Å². The fourth-order valence-electron chi connectivity index (χ4n) is 3.09. The minimum absolute atomic E-state index is 0.391. The molecule has 1 aliphatic carbocycles. The Kier molecular flexibility index (Phi) is 3.16. The van der Waals surface area contributed by atoms with Gasteiger partial charge in [0, 0.05) is 6.61 Å². The van der Waals surface area contributed by atoms with Crippen molar-refractivity contribution >= 4 is 0 Å². The highest BCUT2D eigenvalue weighted by molar-refractivity contribution is 5.30. The Morgan fingerprint density at radius 1 is 1.33 bits per heavy atom. The maximum absolute atomic E-state index is 10.6. The molecule has 1 aliphatic heterocycles. The highest BCUT2D eigenvalue weighted by Gasteiger charge is 2.38. The topological polar surface area (TPSA) is 29.5 Å². The van der Waals surface area contributed by atoms with Crippen LogP contribution in [-0.2, 0) is 4.74 Å². The third-order valence-electron chi connectivity index (χ3n) is 4.63. The summed E-state index contributed by atoms with van der Waals surface area (Å²) >= 11 is 0. The molecule has 0 amide bonds. The SMILES string of the molecule is CC1(C(O)c2cccc(C3CCC3)c2)CCCO1. The molecule has 2 atom stereocenters. The van der Waals surface area contributed by atoms with Gasteiger partial charge in [-0.2, -0.15) is 0 Å². The number of benzene rings is 1. The monoisotopic (exact) mass is 246 g/mol. The summed E-state index contributed by atoms with van der Waals surface area (Å²) in [7, 11) is 0. The van der Waals surface area contributed by atoms with Crippen molar-refractivity contribution in [1.82, 2.24) is 0 Å². The van der Waals surface area contributed by atoms with E-state index in [1.54, 1.807) is 0 Å². The summed E-state index contributed by atoms with van der Waals surface area (Å²) in [6, 6.07) is 8.48. The van der Waals surface area contributed by atoms with E-state index in [0.29, 0.717) is 0 Å². The molecular weight excluding hydrogens is 224 g/mol. The Morgan fingerprint density at radius 2 is 2.17 bits per heavy atom. The lowest BCUT2D eigenvalue weighted by molar-refractivity contribution is -0.0796. The molecule has 0 spiro atoms. The fourth-order valence-corrected chi connectivity index (χ4v) is 3.09. The van der Waals surface area contributed by atoms with Gasteiger partial charge in [-0.3, -0.25) is 0 Å². The van der Waals surface area contributed by atoms with Gasteiger partial charge in [0.2, 0.25) is 0 Å². The van der Waals surface area contributed by atoms with Crippen LogP contribution in [-0.4, -0.2) is 17.3 Å². The molecule has 1 aromatic carbocycles. The van der Waals surface area contributed by atoms with Crippen molar-refractivity contribution < 1.29 is 9.84 Å². The van der Waals surface area contributed by atoms with Crippen molar-refractivity contribution in [2.75, 3.05) is 6.61 Å². The van der Waals surface area contributed by atoms with E-state index in [9.17, 15) is 5.11 Å². The molecule has 1 N–H and O–H groups in total. The predicted molar refractivity (Wildman–Crippen MR) is 71.6 cm³/mol. The van der Waals surface area contributed by atoms with E-state index in [4.69, 9.17) is 4.74 Å². The van der Waals surface area contributed by atoms with E-state index in [1.807, 2.05) is 13.0 Å². The molecule has 1 saturated heterocycles. The Bertz CT molecular complexity index is 417. The molecule has 2 heteroatoms. The first kappa shape index (κ1) is 12.2. The molecule has 2 nitrogen and oxygen atoms in total. The summed E-state index contributed by atoms with van der Waals surface area (Å²) < 4.78 is 5.75. The van der Waals surface area contributed by atoms with Crippen molar-refractivity contribution in [3.63, 3.8) is 0 Å². The van der Waals surface area contributed by atoms with Gasteiger partial charge in [-0.1, -0.05) is 30.7 Å². The standard InChI is InChI=1S/C16H22O2/c1-16(9-4-10-18-16)15(17)14-8-3-7-13(11-14)12-5-2-6-12/h3,7-8,11-12,15,17H,2,4-6,9-10H2,1H3. The van der Waals surface area contributed by atoms with Crippen molar-refractivity contribution in [1.29, 1.82) is 0 Å². The molecule has 0 radical (unpaired) electrons. The second kappa shape index (κ2) is 4.67. The van der Waals surface area contributed by atoms with Crippen molar-refractivity contribution in [3.05, 3.63) is 35.4 Å². The Labute approximate surface area is 109 Å². The third kappa shape index (κ3) is 2.08. The molecule has 18 heavy (non-hydrogen) atoms. The average molecular weight is 246 g/mol. The Balaban J connectivity index is 1.82. The second-order valence-corrected chi connectivity index (χ2v) is 5.97. The first-order valence-corrected chi connectivity index (χ1v) is 7.11. The van der Waals surface area contributed by atoms with Gasteiger partial charge in [-0.25, -0.2) is 0 Å². The summed E-state index contributed by atoms with van der Waals surface area (Å²) in [5.74, 6) is 0.717. The Hall–Kier alpha value is -0.860. The van der Waals surface area contributed by atoms with Gasteiger partial charge in [0.25, 0.3) is 0 Å². The largest absolute Gasteiger partial charge is 0.385 e. The van der Waals surface area contributed by atoms with Gasteiger partial charge in [0.05, 0.1) is 5.60 Å². The summed E-state index contributed by atoms with van der Waals surface area (Å²) in [4.78, 5) is 0. The average Bonchev–Trinajstić information content (AvgIpc) is 2.75. The van der Waals surface area contributed by atoms with E-state index >= 15 is 0 Å². The zero-order valence-corrected chi connectivity index (χ0v) is 11.1. The minimum Gasteiger partial charge on any atom is -0.385 e. The maximum atomic E-state index is 10.6. The quantitative estimate of drug-likeness (QED) is 0.883. The van der Waals surface area contributed by atoms with Gasteiger partial charge in [0.15, 0.2) is 0 Å². The number of hydrogen-bond acceptors (Lipinski definition) is 2. The van der Waals surface area contributed by atoms with Crippen LogP contribution in [0.15, 0.2) is 24.3 Å². The van der Waals surface area contributed by atoms with Crippen molar-refractivity contribution in [3.8, 4) is 0 Å². The van der Waals surface area contributed by atoms with Crippen LogP contribution in [0.4, 0.5) is 0 Å². The van der Waals surface area contributed by atoms with Crippen LogP contribution < -0.4 is 0 Å². The number of aliphatic hydroxyl groups excluding tert-OH is 1. The van der Waals surface area contributed by atoms with E-state index in [0.717, 1.165) is 30.9 Å². The van der Waals surface area contributed by atoms with E-state index in [1.165, 1.54) is 24.8 Å². The normalized spacial score (nSPS) is 30.1. The first-order chi connectivity index (χ1) is 8.69. The molecule has 0 bridgehead atoms. The van der Waals surface area contributed by atoms with Gasteiger partial charge < -0.3 is 9.84 Å². The van der Waals surface area contributed by atoms with Crippen LogP contribution in [0.2, 0.25) is 0 Å². The third-order valence-corrected chi connectivity index (χ3v) is 4.63. The van der Waals surface area contributed by atoms with Crippen molar-refractivity contribution in [2.45, 2.75) is 56.7 Å². The number of ether oxygens (including phenoxy) is 1. The lowest BCUT2D eigenvalue weighted by atomic mass is 9.79. The van der Waals surface area contributed by atoms with Crippen LogP contribution in [0, 0.1) is 0 Å². The lowest BCUT2D eigenvalue weighted by Gasteiger charge is -2.31. The van der Waals surface area contributed by atoms with Crippen LogP contribution >= 0.6 is 0 Å². The Morgan fingerprint density at radius 3 is 2.78 bits per heavy atom. The molecule has 1 heterocycles. The summed E-state index contributed by atoms with van der Waals surface area (Å²) in [5.41, 5.74) is 2.02. The van der Waals surface area contributed by atoms with Gasteiger partial charge in [-0.05, 0) is 49.7 Å². The zero-order valence-electron chi connectivity index (χ0n) is 11.1. The van der Waals surface area contributed by atoms with Gasteiger partial charge in [-0.15, -0.1) is 0 Å². The summed E-state index contributed by atoms with van der Waals surface area (Å²) in [5, 5.41) is 10.6. The van der Waals surface area contributed by atoms with Crippen LogP contribution in [0.25, 0.3) is 0 Å². The predicted octanol–water partition coefficient (Wildman–Crippen LogP) is 3.56. The smallest absolute Gasteiger partial charge is 0.108 e. The van der Waals surface area contributed by atoms with E-state index in [-0.39, 0.29) is 0 Å². The molecule has 1 aromatic rings. The van der Waals surface area contributed by atoms with Crippen LogP contribution in [0.1, 0.15) is 62.2 Å². The molecule has 2 fully saturated rings. The highest BCUT2D eigenvalue weighted by Crippen LogP contribution is 2.40. The highest BCUT2D eigenvalue weighted by atomic mass is 16.5. The summed E-state index contributed by atoms with van der Waals surface area (Å²) in [6.07, 6.45) is 5.44. The molecule has 1 saturated carbocycles. The van der Waals surface area contributed by atoms with Crippen LogP contribution in [0.5, 0.6) is 0 Å². The molecule has 98 valence electrons. The maximum Gasteiger partial charge on any atom is 0.108 e. The molecule has 2 aliphatic rings. The van der Waals surface area contributed by atoms with E-state index < -0.39 is 11.7 Å². The number of aliphatic hydroxyl groups is 1. The first-order valence-electron chi connectivity index (χ1n) is 7.11. The molecular formula is C16H22O2. The lowest BCUT2D eigenvalue weighted by Crippen LogP contribution is -2.32. The number of hydrogen-bond donors (Lipinski definition) is 1. The minimum atomic E-state index is -0.500. The molecule has 2 unspecified atom stereocenters. The van der Waals surface area contributed by atoms with E-state index in [2.05, 4.69) is 18.2 Å².